The van der Waals surface area contributed by atoms with Crippen LogP contribution in [-0.2, 0) is 4.74 Å². The highest BCUT2D eigenvalue weighted by molar-refractivity contribution is 9.09. The smallest absolute Gasteiger partial charge is 0.0507 e. The third kappa shape index (κ3) is 2.21. The first-order valence-corrected chi connectivity index (χ1v) is 5.70. The highest BCUT2D eigenvalue weighted by atomic mass is 79.9. The minimum atomic E-state index is 0.736. The van der Waals surface area contributed by atoms with Crippen LogP contribution in [0.2, 0.25) is 0 Å². The van der Waals surface area contributed by atoms with E-state index >= 15 is 0 Å². The van der Waals surface area contributed by atoms with E-state index in [0.29, 0.717) is 0 Å². The summed E-state index contributed by atoms with van der Waals surface area (Å²) >= 11 is 3.66. The normalized spacial score (nSPS) is 37.8. The Bertz CT molecular complexity index is 147. The molecule has 3 heteroatoms. The van der Waals surface area contributed by atoms with Crippen LogP contribution < -0.4 is 0 Å². The summed E-state index contributed by atoms with van der Waals surface area (Å²) in [7, 11) is 0. The van der Waals surface area contributed by atoms with Crippen molar-refractivity contribution < 1.29 is 4.74 Å². The summed E-state index contributed by atoms with van der Waals surface area (Å²) in [6.45, 7) is 5.73. The van der Waals surface area contributed by atoms with Crippen LogP contribution in [-0.4, -0.2) is 42.6 Å². The molecule has 0 N–H and O–H groups in total. The predicted molar refractivity (Wildman–Crippen MR) is 52.7 cm³/mol. The average Bonchev–Trinajstić information content (AvgIpc) is 2.63. The van der Waals surface area contributed by atoms with Gasteiger partial charge in [0.25, 0.3) is 0 Å². The van der Waals surface area contributed by atoms with Crippen molar-refractivity contribution in [2.45, 2.75) is 17.7 Å². The van der Waals surface area contributed by atoms with Crippen molar-refractivity contribution in [2.24, 2.45) is 5.92 Å². The van der Waals surface area contributed by atoms with E-state index in [1.54, 1.807) is 0 Å². The van der Waals surface area contributed by atoms with Gasteiger partial charge in [-0.25, -0.2) is 0 Å². The highest BCUT2D eigenvalue weighted by Gasteiger charge is 2.24. The Labute approximate surface area is 82.4 Å². The van der Waals surface area contributed by atoms with E-state index in [4.69, 9.17) is 4.74 Å². The molecule has 2 atom stereocenters. The molecule has 2 heterocycles. The fraction of sp³-hybridized carbons (Fsp3) is 1.00. The van der Waals surface area contributed by atoms with Gasteiger partial charge in [-0.3, -0.25) is 0 Å². The Hall–Kier alpha value is 0.400. The molecule has 0 saturated carbocycles. The van der Waals surface area contributed by atoms with Crippen molar-refractivity contribution in [2.75, 3.05) is 32.8 Å². The van der Waals surface area contributed by atoms with Crippen LogP contribution in [0.4, 0.5) is 0 Å². The third-order valence-corrected chi connectivity index (χ3v) is 3.50. The fourth-order valence-corrected chi connectivity index (χ4v) is 2.66. The molecule has 12 heavy (non-hydrogen) atoms. The summed E-state index contributed by atoms with van der Waals surface area (Å²) < 4.78 is 5.36. The van der Waals surface area contributed by atoms with E-state index in [2.05, 4.69) is 20.8 Å². The third-order valence-electron chi connectivity index (χ3n) is 2.76. The molecule has 2 saturated heterocycles. The Morgan fingerprint density at radius 1 is 1.42 bits per heavy atom. The molecule has 2 unspecified atom stereocenters. The van der Waals surface area contributed by atoms with Crippen molar-refractivity contribution in [3.8, 4) is 0 Å². The molecule has 2 aliphatic rings. The fourth-order valence-electron chi connectivity index (χ4n) is 2.04. The van der Waals surface area contributed by atoms with Crippen molar-refractivity contribution in [3.05, 3.63) is 0 Å². The van der Waals surface area contributed by atoms with Gasteiger partial charge in [-0.05, 0) is 25.3 Å². The largest absolute Gasteiger partial charge is 0.381 e. The lowest BCUT2D eigenvalue weighted by Crippen LogP contribution is -2.27. The first-order chi connectivity index (χ1) is 5.84. The van der Waals surface area contributed by atoms with Crippen molar-refractivity contribution in [1.82, 2.24) is 4.90 Å². The quantitative estimate of drug-likeness (QED) is 0.671. The summed E-state index contributed by atoms with van der Waals surface area (Å²) in [6.07, 6.45) is 2.58. The van der Waals surface area contributed by atoms with Crippen LogP contribution in [0.5, 0.6) is 0 Å². The Kier molecular flexibility index (Phi) is 3.05. The van der Waals surface area contributed by atoms with Gasteiger partial charge in [-0.15, -0.1) is 0 Å². The van der Waals surface area contributed by atoms with Crippen molar-refractivity contribution in [3.63, 3.8) is 0 Å². The zero-order valence-electron chi connectivity index (χ0n) is 7.34. The van der Waals surface area contributed by atoms with E-state index in [9.17, 15) is 0 Å². The van der Waals surface area contributed by atoms with Crippen LogP contribution in [0.15, 0.2) is 0 Å². The van der Waals surface area contributed by atoms with Crippen LogP contribution >= 0.6 is 15.9 Å². The standard InChI is InChI=1S/C9H16BrNO/c10-9-1-3-11(6-9)5-8-2-4-12-7-8/h8-9H,1-7H2. The molecule has 0 aromatic rings. The second-order valence-corrected chi connectivity index (χ2v) is 5.17. The highest BCUT2D eigenvalue weighted by Crippen LogP contribution is 2.20. The summed E-state index contributed by atoms with van der Waals surface area (Å²) in [5.74, 6) is 0.808. The van der Waals surface area contributed by atoms with E-state index in [1.807, 2.05) is 0 Å². The van der Waals surface area contributed by atoms with E-state index in [1.165, 1.54) is 32.5 Å². The number of rotatable bonds is 2. The first kappa shape index (κ1) is 8.97. The Morgan fingerprint density at radius 2 is 2.33 bits per heavy atom. The molecule has 2 fully saturated rings. The second-order valence-electron chi connectivity index (χ2n) is 3.88. The lowest BCUT2D eigenvalue weighted by molar-refractivity contribution is 0.174. The summed E-state index contributed by atoms with van der Waals surface area (Å²) in [5.41, 5.74) is 0. The summed E-state index contributed by atoms with van der Waals surface area (Å²) in [4.78, 5) is 3.29. The molecular weight excluding hydrogens is 218 g/mol. The van der Waals surface area contributed by atoms with E-state index in [0.717, 1.165) is 24.0 Å². The molecule has 0 aliphatic carbocycles. The molecule has 2 rings (SSSR count). The number of halogens is 1. The first-order valence-electron chi connectivity index (χ1n) is 4.79. The zero-order chi connectivity index (χ0) is 8.39. The topological polar surface area (TPSA) is 12.5 Å². The summed E-state index contributed by atoms with van der Waals surface area (Å²) in [6, 6.07) is 0. The number of hydrogen-bond donors (Lipinski definition) is 0. The van der Waals surface area contributed by atoms with Gasteiger partial charge in [-0.2, -0.15) is 0 Å². The summed E-state index contributed by atoms with van der Waals surface area (Å²) in [5, 5.41) is 0. The van der Waals surface area contributed by atoms with Crippen molar-refractivity contribution in [1.29, 1.82) is 0 Å². The van der Waals surface area contributed by atoms with Gasteiger partial charge in [0.05, 0.1) is 6.61 Å². The van der Waals surface area contributed by atoms with Gasteiger partial charge >= 0.3 is 0 Å². The van der Waals surface area contributed by atoms with Gasteiger partial charge in [0.15, 0.2) is 0 Å². The van der Waals surface area contributed by atoms with Crippen molar-refractivity contribution >= 4 is 15.9 Å². The van der Waals surface area contributed by atoms with Crippen LogP contribution in [0.3, 0.4) is 0 Å². The maximum atomic E-state index is 5.36. The molecule has 0 aromatic heterocycles. The molecular formula is C9H16BrNO. The average molecular weight is 234 g/mol. The number of nitrogens with zero attached hydrogens (tertiary/aromatic N) is 1. The van der Waals surface area contributed by atoms with Gasteiger partial charge in [0.2, 0.25) is 0 Å². The van der Waals surface area contributed by atoms with Crippen LogP contribution in [0, 0.1) is 5.92 Å². The van der Waals surface area contributed by atoms with E-state index < -0.39 is 0 Å². The minimum Gasteiger partial charge on any atom is -0.381 e. The maximum absolute atomic E-state index is 5.36. The second kappa shape index (κ2) is 4.07. The molecule has 0 aromatic carbocycles. The van der Waals surface area contributed by atoms with Gasteiger partial charge in [0.1, 0.15) is 0 Å². The molecule has 70 valence electrons. The SMILES string of the molecule is BrC1CCN(CC2CCOC2)C1. The number of hydrogen-bond acceptors (Lipinski definition) is 2. The Morgan fingerprint density at radius 3 is 2.92 bits per heavy atom. The van der Waals surface area contributed by atoms with Gasteiger partial charge in [-0.1, -0.05) is 15.9 Å². The zero-order valence-corrected chi connectivity index (χ0v) is 8.92. The lowest BCUT2D eigenvalue weighted by Gasteiger charge is -2.18. The molecule has 0 spiro atoms. The minimum absolute atomic E-state index is 0.736. The van der Waals surface area contributed by atoms with Crippen LogP contribution in [0.1, 0.15) is 12.8 Å². The molecule has 0 radical (unpaired) electrons. The predicted octanol–water partition coefficient (Wildman–Crippen LogP) is 1.49. The molecule has 0 bridgehead atoms. The monoisotopic (exact) mass is 233 g/mol. The van der Waals surface area contributed by atoms with E-state index in [-0.39, 0.29) is 0 Å². The Balaban J connectivity index is 1.72. The molecule has 0 amide bonds. The van der Waals surface area contributed by atoms with Crippen LogP contribution in [0.25, 0.3) is 0 Å². The van der Waals surface area contributed by atoms with Gasteiger partial charge in [0, 0.05) is 24.5 Å². The molecule has 2 aliphatic heterocycles. The lowest BCUT2D eigenvalue weighted by atomic mass is 10.1. The number of alkyl halides is 1. The number of ether oxygens (including phenoxy) is 1. The number of likely N-dealkylation sites (tertiary alicyclic amines) is 1. The molecule has 2 nitrogen and oxygen atoms in total. The maximum Gasteiger partial charge on any atom is 0.0507 e. The van der Waals surface area contributed by atoms with Gasteiger partial charge < -0.3 is 9.64 Å².